The number of hydrogen-bond acceptors (Lipinski definition) is 3. The first-order chi connectivity index (χ1) is 8.72. The first kappa shape index (κ1) is 13.6. The molecule has 2 atom stereocenters. The van der Waals surface area contributed by atoms with Gasteiger partial charge < -0.3 is 5.32 Å². The van der Waals surface area contributed by atoms with Crippen molar-refractivity contribution in [2.24, 2.45) is 5.92 Å². The molecule has 2 heterocycles. The Morgan fingerprint density at radius 1 is 1.50 bits per heavy atom. The largest absolute Gasteiger partial charge is 0.311 e. The highest BCUT2D eigenvalue weighted by Gasteiger charge is 2.23. The molecule has 0 spiro atoms. The minimum atomic E-state index is 0.643. The van der Waals surface area contributed by atoms with E-state index >= 15 is 0 Å². The zero-order valence-electron chi connectivity index (χ0n) is 11.9. The molecular weight excluding hydrogens is 224 g/mol. The molecule has 4 heteroatoms. The molecule has 0 radical (unpaired) electrons. The lowest BCUT2D eigenvalue weighted by Gasteiger charge is -2.36. The fraction of sp³-hybridized carbons (Fsp3) is 0.786. The molecule has 18 heavy (non-hydrogen) atoms. The van der Waals surface area contributed by atoms with E-state index in [1.54, 1.807) is 0 Å². The predicted octanol–water partition coefficient (Wildman–Crippen LogP) is 1.72. The van der Waals surface area contributed by atoms with Crippen LogP contribution in [0.5, 0.6) is 0 Å². The maximum Gasteiger partial charge on any atom is 0.0534 e. The van der Waals surface area contributed by atoms with Crippen LogP contribution >= 0.6 is 0 Å². The maximum absolute atomic E-state index is 4.34. The molecule has 2 unspecified atom stereocenters. The average molecular weight is 250 g/mol. The van der Waals surface area contributed by atoms with Crippen LogP contribution in [0.15, 0.2) is 12.4 Å². The standard InChI is InChI=1S/C14H26N4/c1-4-12(3)14-11-17(7-6-15-14)9-13-8-16-18(5-2)10-13/h8,10,12,14-15H,4-7,9,11H2,1-3H3. The van der Waals surface area contributed by atoms with Gasteiger partial charge in [0, 0.05) is 50.5 Å². The smallest absolute Gasteiger partial charge is 0.0534 e. The van der Waals surface area contributed by atoms with Crippen LogP contribution in [0.1, 0.15) is 32.8 Å². The Labute approximate surface area is 110 Å². The first-order valence-corrected chi connectivity index (χ1v) is 7.20. The Morgan fingerprint density at radius 2 is 2.33 bits per heavy atom. The molecule has 1 saturated heterocycles. The number of piperazine rings is 1. The van der Waals surface area contributed by atoms with Crippen molar-refractivity contribution in [2.75, 3.05) is 19.6 Å². The monoisotopic (exact) mass is 250 g/mol. The van der Waals surface area contributed by atoms with Gasteiger partial charge in [0.25, 0.3) is 0 Å². The third-order valence-electron chi connectivity index (χ3n) is 4.04. The maximum atomic E-state index is 4.34. The second-order valence-electron chi connectivity index (χ2n) is 5.39. The lowest BCUT2D eigenvalue weighted by atomic mass is 9.97. The quantitative estimate of drug-likeness (QED) is 0.864. The van der Waals surface area contributed by atoms with Gasteiger partial charge in [-0.1, -0.05) is 20.3 Å². The summed E-state index contributed by atoms with van der Waals surface area (Å²) >= 11 is 0. The molecule has 0 bridgehead atoms. The summed E-state index contributed by atoms with van der Waals surface area (Å²) < 4.78 is 2.00. The summed E-state index contributed by atoms with van der Waals surface area (Å²) in [5.74, 6) is 0.756. The first-order valence-electron chi connectivity index (χ1n) is 7.20. The number of aromatic nitrogens is 2. The summed E-state index contributed by atoms with van der Waals surface area (Å²) in [7, 11) is 0. The van der Waals surface area contributed by atoms with E-state index in [-0.39, 0.29) is 0 Å². The van der Waals surface area contributed by atoms with E-state index in [0.717, 1.165) is 38.6 Å². The Balaban J connectivity index is 1.89. The van der Waals surface area contributed by atoms with E-state index in [1.807, 2.05) is 10.9 Å². The van der Waals surface area contributed by atoms with Crippen LogP contribution in [-0.2, 0) is 13.1 Å². The highest BCUT2D eigenvalue weighted by atomic mass is 15.3. The Morgan fingerprint density at radius 3 is 3.00 bits per heavy atom. The molecular formula is C14H26N4. The predicted molar refractivity (Wildman–Crippen MR) is 74.4 cm³/mol. The molecule has 1 fully saturated rings. The number of hydrogen-bond donors (Lipinski definition) is 1. The Kier molecular flexibility index (Phi) is 4.78. The van der Waals surface area contributed by atoms with Crippen molar-refractivity contribution in [1.29, 1.82) is 0 Å². The molecule has 0 amide bonds. The van der Waals surface area contributed by atoms with Gasteiger partial charge in [-0.15, -0.1) is 0 Å². The van der Waals surface area contributed by atoms with E-state index in [4.69, 9.17) is 0 Å². The van der Waals surface area contributed by atoms with Gasteiger partial charge in [-0.05, 0) is 12.8 Å². The van der Waals surface area contributed by atoms with Crippen molar-refractivity contribution in [1.82, 2.24) is 20.0 Å². The fourth-order valence-corrected chi connectivity index (χ4v) is 2.57. The van der Waals surface area contributed by atoms with E-state index in [9.17, 15) is 0 Å². The summed E-state index contributed by atoms with van der Waals surface area (Å²) in [5, 5.41) is 7.98. The normalized spacial score (nSPS) is 23.2. The van der Waals surface area contributed by atoms with Crippen LogP contribution < -0.4 is 5.32 Å². The van der Waals surface area contributed by atoms with Crippen molar-refractivity contribution < 1.29 is 0 Å². The highest BCUT2D eigenvalue weighted by Crippen LogP contribution is 2.14. The van der Waals surface area contributed by atoms with E-state index in [1.165, 1.54) is 12.0 Å². The minimum absolute atomic E-state index is 0.643. The highest BCUT2D eigenvalue weighted by molar-refractivity contribution is 5.04. The van der Waals surface area contributed by atoms with Gasteiger partial charge in [-0.25, -0.2) is 0 Å². The summed E-state index contributed by atoms with van der Waals surface area (Å²) in [6, 6.07) is 0.643. The molecule has 102 valence electrons. The van der Waals surface area contributed by atoms with Gasteiger partial charge in [-0.2, -0.15) is 5.10 Å². The Hall–Kier alpha value is -0.870. The van der Waals surface area contributed by atoms with Gasteiger partial charge in [0.15, 0.2) is 0 Å². The van der Waals surface area contributed by atoms with Crippen molar-refractivity contribution in [2.45, 2.75) is 46.3 Å². The zero-order valence-corrected chi connectivity index (χ0v) is 11.9. The summed E-state index contributed by atoms with van der Waals surface area (Å²) in [4.78, 5) is 2.55. The van der Waals surface area contributed by atoms with Crippen molar-refractivity contribution in [3.8, 4) is 0 Å². The number of rotatable bonds is 5. The van der Waals surface area contributed by atoms with Crippen LogP contribution in [0.3, 0.4) is 0 Å². The van der Waals surface area contributed by atoms with Crippen LogP contribution in [0.4, 0.5) is 0 Å². The molecule has 1 aliphatic rings. The molecule has 0 aromatic carbocycles. The topological polar surface area (TPSA) is 33.1 Å². The third kappa shape index (κ3) is 3.33. The molecule has 1 aromatic heterocycles. The summed E-state index contributed by atoms with van der Waals surface area (Å²) in [5.41, 5.74) is 1.33. The molecule has 4 nitrogen and oxygen atoms in total. The Bertz CT molecular complexity index is 360. The molecule has 1 N–H and O–H groups in total. The van der Waals surface area contributed by atoms with Crippen molar-refractivity contribution in [3.05, 3.63) is 18.0 Å². The molecule has 0 saturated carbocycles. The third-order valence-corrected chi connectivity index (χ3v) is 4.04. The van der Waals surface area contributed by atoms with Gasteiger partial charge in [0.05, 0.1) is 6.20 Å². The van der Waals surface area contributed by atoms with Crippen LogP contribution in [0.2, 0.25) is 0 Å². The summed E-state index contributed by atoms with van der Waals surface area (Å²) in [6.07, 6.45) is 5.42. The van der Waals surface area contributed by atoms with Gasteiger partial charge in [-0.3, -0.25) is 9.58 Å². The molecule has 0 aliphatic carbocycles. The van der Waals surface area contributed by atoms with Crippen molar-refractivity contribution >= 4 is 0 Å². The van der Waals surface area contributed by atoms with Gasteiger partial charge in [0.2, 0.25) is 0 Å². The SMILES string of the molecule is CCC(C)C1CN(Cc2cnn(CC)c2)CCN1. The molecule has 1 aromatic rings. The fourth-order valence-electron chi connectivity index (χ4n) is 2.57. The average Bonchev–Trinajstić information content (AvgIpc) is 2.86. The lowest BCUT2D eigenvalue weighted by molar-refractivity contribution is 0.162. The van der Waals surface area contributed by atoms with Gasteiger partial charge in [0.1, 0.15) is 0 Å². The second kappa shape index (κ2) is 6.34. The van der Waals surface area contributed by atoms with E-state index in [0.29, 0.717) is 6.04 Å². The number of nitrogens with zero attached hydrogens (tertiary/aromatic N) is 3. The van der Waals surface area contributed by atoms with Gasteiger partial charge >= 0.3 is 0 Å². The zero-order chi connectivity index (χ0) is 13.0. The number of aryl methyl sites for hydroxylation is 1. The molecule has 2 rings (SSSR count). The van der Waals surface area contributed by atoms with E-state index in [2.05, 4.69) is 42.3 Å². The lowest BCUT2D eigenvalue weighted by Crippen LogP contribution is -2.52. The van der Waals surface area contributed by atoms with E-state index < -0.39 is 0 Å². The second-order valence-corrected chi connectivity index (χ2v) is 5.39. The minimum Gasteiger partial charge on any atom is -0.311 e. The summed E-state index contributed by atoms with van der Waals surface area (Å²) in [6.45, 7) is 12.1. The van der Waals surface area contributed by atoms with Crippen LogP contribution in [-0.4, -0.2) is 40.4 Å². The molecule has 1 aliphatic heterocycles. The van der Waals surface area contributed by atoms with Crippen LogP contribution in [0, 0.1) is 5.92 Å². The van der Waals surface area contributed by atoms with Crippen LogP contribution in [0.25, 0.3) is 0 Å². The number of nitrogens with one attached hydrogen (secondary N) is 1. The van der Waals surface area contributed by atoms with Crippen molar-refractivity contribution in [3.63, 3.8) is 0 Å².